The Morgan fingerprint density at radius 1 is 1.12 bits per heavy atom. The first-order valence-corrected chi connectivity index (χ1v) is 12.5. The van der Waals surface area contributed by atoms with E-state index in [9.17, 15) is 0 Å². The van der Waals surface area contributed by atoms with Gasteiger partial charge in [-0.25, -0.2) is 13.9 Å². The van der Waals surface area contributed by atoms with Crippen LogP contribution >= 0.6 is 0 Å². The first kappa shape index (κ1) is 23.0. The monoisotopic (exact) mass is 462 g/mol. The summed E-state index contributed by atoms with van der Waals surface area (Å²) in [5.74, 6) is 0.173. The van der Waals surface area contributed by atoms with Crippen LogP contribution in [0, 0.1) is 12.7 Å². The van der Waals surface area contributed by atoms with Gasteiger partial charge in [-0.1, -0.05) is 13.8 Å². The third-order valence-corrected chi connectivity index (χ3v) is 7.74. The Morgan fingerprint density at radius 3 is 2.53 bits per heavy atom. The highest BCUT2D eigenvalue weighted by Gasteiger charge is 2.30. The summed E-state index contributed by atoms with van der Waals surface area (Å²) < 4.78 is 17.9. The minimum atomic E-state index is -0.150. The number of nitrogens with zero attached hydrogens (tertiary/aromatic N) is 5. The van der Waals surface area contributed by atoms with E-state index >= 15 is 4.39 Å². The van der Waals surface area contributed by atoms with Gasteiger partial charge in [0.2, 0.25) is 0 Å². The van der Waals surface area contributed by atoms with Gasteiger partial charge in [-0.3, -0.25) is 4.98 Å². The van der Waals surface area contributed by atoms with E-state index < -0.39 is 0 Å². The Kier molecular flexibility index (Phi) is 5.92. The Bertz CT molecular complexity index is 1330. The second kappa shape index (κ2) is 8.77. The van der Waals surface area contributed by atoms with Crippen LogP contribution in [0.3, 0.4) is 0 Å². The van der Waals surface area contributed by atoms with Crippen molar-refractivity contribution in [2.75, 3.05) is 7.05 Å². The molecule has 1 aliphatic rings. The molecule has 4 aromatic heterocycles. The van der Waals surface area contributed by atoms with E-state index in [0.717, 1.165) is 59.2 Å². The van der Waals surface area contributed by atoms with Crippen LogP contribution in [0.2, 0.25) is 0 Å². The standard InChI is InChI=1S/C27H35FN6/c1-15(2)22-23-21(32-25(22)19-11-17(5)27-30-14-31-34(27)13-19)12-29-26(24(23)28)18-7-9-20(10-8-18)33(6)16(3)4/h11-16,18,20,32H,7-10H2,1-6H3. The van der Waals surface area contributed by atoms with E-state index in [2.05, 4.69) is 65.8 Å². The number of aromatic nitrogens is 5. The molecule has 0 atom stereocenters. The number of fused-ring (bicyclic) bond motifs is 2. The average Bonchev–Trinajstić information content (AvgIpc) is 3.44. The maximum Gasteiger partial charge on any atom is 0.158 e. The maximum absolute atomic E-state index is 16.1. The van der Waals surface area contributed by atoms with Gasteiger partial charge in [-0.05, 0) is 76.6 Å². The molecular weight excluding hydrogens is 427 g/mol. The third-order valence-electron chi connectivity index (χ3n) is 7.74. The Labute approximate surface area is 200 Å². The van der Waals surface area contributed by atoms with Gasteiger partial charge in [-0.2, -0.15) is 5.10 Å². The van der Waals surface area contributed by atoms with Crippen LogP contribution in [0.5, 0.6) is 0 Å². The molecule has 4 heterocycles. The summed E-state index contributed by atoms with van der Waals surface area (Å²) in [6.07, 6.45) is 9.49. The molecule has 4 aromatic rings. The lowest BCUT2D eigenvalue weighted by Gasteiger charge is -2.36. The second-order valence-electron chi connectivity index (χ2n) is 10.5. The Morgan fingerprint density at radius 2 is 1.85 bits per heavy atom. The molecule has 7 heteroatoms. The molecule has 1 N–H and O–H groups in total. The van der Waals surface area contributed by atoms with Crippen LogP contribution in [0.25, 0.3) is 27.8 Å². The van der Waals surface area contributed by atoms with Gasteiger partial charge in [0.25, 0.3) is 0 Å². The molecule has 0 saturated heterocycles. The van der Waals surface area contributed by atoms with Gasteiger partial charge in [0, 0.05) is 35.1 Å². The first-order chi connectivity index (χ1) is 16.3. The molecule has 0 aliphatic heterocycles. The lowest BCUT2D eigenvalue weighted by atomic mass is 9.82. The summed E-state index contributed by atoms with van der Waals surface area (Å²) in [5, 5.41) is 5.01. The summed E-state index contributed by atoms with van der Waals surface area (Å²) >= 11 is 0. The fourth-order valence-electron chi connectivity index (χ4n) is 5.69. The molecule has 0 unspecified atom stereocenters. The van der Waals surface area contributed by atoms with E-state index in [4.69, 9.17) is 0 Å². The molecule has 1 aliphatic carbocycles. The summed E-state index contributed by atoms with van der Waals surface area (Å²) in [7, 11) is 2.20. The maximum atomic E-state index is 16.1. The number of rotatable bonds is 5. The van der Waals surface area contributed by atoms with Crippen LogP contribution in [-0.4, -0.2) is 48.6 Å². The number of hydrogen-bond acceptors (Lipinski definition) is 4. The van der Waals surface area contributed by atoms with Crippen LogP contribution in [-0.2, 0) is 0 Å². The highest BCUT2D eigenvalue weighted by molar-refractivity contribution is 5.92. The topological polar surface area (TPSA) is 62.1 Å². The minimum absolute atomic E-state index is 0.149. The average molecular weight is 463 g/mol. The number of H-pyrrole nitrogens is 1. The van der Waals surface area contributed by atoms with E-state index in [1.807, 2.05) is 19.3 Å². The quantitative estimate of drug-likeness (QED) is 0.383. The van der Waals surface area contributed by atoms with Crippen molar-refractivity contribution in [3.63, 3.8) is 0 Å². The van der Waals surface area contributed by atoms with Crippen LogP contribution in [0.15, 0.2) is 24.8 Å². The van der Waals surface area contributed by atoms with Crippen molar-refractivity contribution in [3.8, 4) is 11.3 Å². The number of aryl methyl sites for hydroxylation is 1. The van der Waals surface area contributed by atoms with Crippen molar-refractivity contribution in [3.05, 3.63) is 47.4 Å². The smallest absolute Gasteiger partial charge is 0.158 e. The Hall–Kier alpha value is -2.80. The zero-order valence-corrected chi connectivity index (χ0v) is 21.1. The predicted molar refractivity (Wildman–Crippen MR) is 135 cm³/mol. The van der Waals surface area contributed by atoms with Crippen molar-refractivity contribution in [2.45, 2.75) is 84.2 Å². The molecule has 5 rings (SSSR count). The van der Waals surface area contributed by atoms with Crippen molar-refractivity contribution >= 4 is 16.6 Å². The highest BCUT2D eigenvalue weighted by Crippen LogP contribution is 2.41. The molecule has 1 saturated carbocycles. The minimum Gasteiger partial charge on any atom is -0.353 e. The molecule has 0 radical (unpaired) electrons. The SMILES string of the molecule is Cc1cc(-c2[nH]c3cnc(C4CCC(N(C)C(C)C)CC4)c(F)c3c2C(C)C)cn2ncnc12. The van der Waals surface area contributed by atoms with Gasteiger partial charge >= 0.3 is 0 Å². The molecule has 180 valence electrons. The van der Waals surface area contributed by atoms with Crippen molar-refractivity contribution < 1.29 is 4.39 Å². The lowest BCUT2D eigenvalue weighted by Crippen LogP contribution is -2.39. The van der Waals surface area contributed by atoms with Crippen molar-refractivity contribution in [2.24, 2.45) is 0 Å². The van der Waals surface area contributed by atoms with Crippen molar-refractivity contribution in [1.82, 2.24) is 29.5 Å². The third kappa shape index (κ3) is 3.80. The Balaban J connectivity index is 1.55. The fourth-order valence-corrected chi connectivity index (χ4v) is 5.69. The van der Waals surface area contributed by atoms with Crippen LogP contribution < -0.4 is 0 Å². The van der Waals surface area contributed by atoms with E-state index in [1.165, 1.54) is 0 Å². The first-order valence-electron chi connectivity index (χ1n) is 12.5. The highest BCUT2D eigenvalue weighted by atomic mass is 19.1. The molecule has 0 bridgehead atoms. The molecule has 34 heavy (non-hydrogen) atoms. The summed E-state index contributed by atoms with van der Waals surface area (Å²) in [6.45, 7) is 10.7. The molecule has 0 amide bonds. The number of aromatic amines is 1. The normalized spacial score (nSPS) is 19.4. The van der Waals surface area contributed by atoms with E-state index in [-0.39, 0.29) is 17.7 Å². The number of nitrogens with one attached hydrogen (secondary N) is 1. The zero-order valence-electron chi connectivity index (χ0n) is 21.1. The number of hydrogen-bond donors (Lipinski definition) is 1. The van der Waals surface area contributed by atoms with Crippen LogP contribution in [0.4, 0.5) is 4.39 Å². The van der Waals surface area contributed by atoms with Gasteiger partial charge in [0.15, 0.2) is 11.5 Å². The van der Waals surface area contributed by atoms with E-state index in [1.54, 1.807) is 10.8 Å². The summed E-state index contributed by atoms with van der Waals surface area (Å²) in [5.41, 5.74) is 6.17. The van der Waals surface area contributed by atoms with Gasteiger partial charge in [-0.15, -0.1) is 0 Å². The molecule has 0 spiro atoms. The molecular formula is C27H35FN6. The second-order valence-corrected chi connectivity index (χ2v) is 10.5. The van der Waals surface area contributed by atoms with Gasteiger partial charge < -0.3 is 9.88 Å². The van der Waals surface area contributed by atoms with Crippen LogP contribution in [0.1, 0.15) is 82.0 Å². The van der Waals surface area contributed by atoms with Gasteiger partial charge in [0.1, 0.15) is 6.33 Å². The molecule has 6 nitrogen and oxygen atoms in total. The number of pyridine rings is 2. The molecule has 0 aromatic carbocycles. The van der Waals surface area contributed by atoms with E-state index in [0.29, 0.717) is 23.2 Å². The summed E-state index contributed by atoms with van der Waals surface area (Å²) in [4.78, 5) is 14.9. The van der Waals surface area contributed by atoms with Crippen molar-refractivity contribution in [1.29, 1.82) is 0 Å². The zero-order chi connectivity index (χ0) is 24.1. The summed E-state index contributed by atoms with van der Waals surface area (Å²) in [6, 6.07) is 3.20. The van der Waals surface area contributed by atoms with Gasteiger partial charge in [0.05, 0.1) is 23.1 Å². The largest absolute Gasteiger partial charge is 0.353 e. The number of halogens is 1. The fraction of sp³-hybridized carbons (Fsp3) is 0.519. The lowest BCUT2D eigenvalue weighted by molar-refractivity contribution is 0.147. The predicted octanol–water partition coefficient (Wildman–Crippen LogP) is 6.21. The molecule has 1 fully saturated rings.